The standard InChI is InChI=1S/C13H18N4O/c1-4-15-13(2,3)12-16-11(17-18-12)9-10-7-5-6-8-14-10/h5-8,15H,4,9H2,1-3H3. The molecule has 0 saturated carbocycles. The van der Waals surface area contributed by atoms with Gasteiger partial charge in [0.15, 0.2) is 5.82 Å². The molecular weight excluding hydrogens is 228 g/mol. The zero-order valence-electron chi connectivity index (χ0n) is 11.0. The van der Waals surface area contributed by atoms with Crippen molar-refractivity contribution in [2.24, 2.45) is 0 Å². The van der Waals surface area contributed by atoms with Crippen molar-refractivity contribution in [2.45, 2.75) is 32.7 Å². The third-order valence-electron chi connectivity index (χ3n) is 2.69. The third-order valence-corrected chi connectivity index (χ3v) is 2.69. The third kappa shape index (κ3) is 2.92. The molecule has 0 bridgehead atoms. The number of hydrogen-bond donors (Lipinski definition) is 1. The molecule has 0 amide bonds. The molecule has 0 aromatic carbocycles. The summed E-state index contributed by atoms with van der Waals surface area (Å²) >= 11 is 0. The second-order valence-corrected chi connectivity index (χ2v) is 4.67. The fourth-order valence-corrected chi connectivity index (χ4v) is 1.76. The van der Waals surface area contributed by atoms with Gasteiger partial charge in [-0.3, -0.25) is 4.98 Å². The van der Waals surface area contributed by atoms with E-state index in [1.54, 1.807) is 6.20 Å². The van der Waals surface area contributed by atoms with Gasteiger partial charge in [0.05, 0.1) is 12.0 Å². The highest BCUT2D eigenvalue weighted by Gasteiger charge is 2.26. The van der Waals surface area contributed by atoms with Gasteiger partial charge in [0.2, 0.25) is 5.89 Å². The van der Waals surface area contributed by atoms with Crippen LogP contribution in [-0.2, 0) is 12.0 Å². The van der Waals surface area contributed by atoms with Gasteiger partial charge in [0, 0.05) is 11.9 Å². The van der Waals surface area contributed by atoms with Crippen molar-refractivity contribution >= 4 is 0 Å². The highest BCUT2D eigenvalue weighted by atomic mass is 16.5. The predicted molar refractivity (Wildman–Crippen MR) is 68.0 cm³/mol. The van der Waals surface area contributed by atoms with E-state index in [0.717, 1.165) is 12.2 Å². The summed E-state index contributed by atoms with van der Waals surface area (Å²) in [6, 6.07) is 5.79. The Morgan fingerprint density at radius 3 is 2.83 bits per heavy atom. The van der Waals surface area contributed by atoms with Crippen molar-refractivity contribution in [1.29, 1.82) is 0 Å². The summed E-state index contributed by atoms with van der Waals surface area (Å²) in [5, 5.41) is 7.30. The first-order valence-electron chi connectivity index (χ1n) is 6.10. The van der Waals surface area contributed by atoms with E-state index in [2.05, 4.69) is 20.4 Å². The number of rotatable bonds is 5. The van der Waals surface area contributed by atoms with E-state index in [1.807, 2.05) is 39.0 Å². The number of nitrogens with zero attached hydrogens (tertiary/aromatic N) is 3. The Morgan fingerprint density at radius 2 is 2.17 bits per heavy atom. The monoisotopic (exact) mass is 246 g/mol. The van der Waals surface area contributed by atoms with Gasteiger partial charge >= 0.3 is 0 Å². The molecule has 0 atom stereocenters. The largest absolute Gasteiger partial charge is 0.337 e. The average molecular weight is 246 g/mol. The lowest BCUT2D eigenvalue weighted by Gasteiger charge is -2.20. The summed E-state index contributed by atoms with van der Waals surface area (Å²) in [6.07, 6.45) is 2.35. The average Bonchev–Trinajstić information content (AvgIpc) is 2.79. The quantitative estimate of drug-likeness (QED) is 0.873. The molecule has 96 valence electrons. The zero-order valence-corrected chi connectivity index (χ0v) is 11.0. The Bertz CT molecular complexity index is 493. The second kappa shape index (κ2) is 5.27. The lowest BCUT2D eigenvalue weighted by Crippen LogP contribution is -2.36. The van der Waals surface area contributed by atoms with Crippen LogP contribution in [0.1, 0.15) is 38.2 Å². The van der Waals surface area contributed by atoms with Crippen molar-refractivity contribution in [2.75, 3.05) is 6.54 Å². The fraction of sp³-hybridized carbons (Fsp3) is 0.462. The smallest absolute Gasteiger partial charge is 0.246 e. The minimum Gasteiger partial charge on any atom is -0.337 e. The summed E-state index contributed by atoms with van der Waals surface area (Å²) in [4.78, 5) is 8.66. The number of hydrogen-bond acceptors (Lipinski definition) is 5. The summed E-state index contributed by atoms with van der Waals surface area (Å²) in [7, 11) is 0. The molecule has 0 unspecified atom stereocenters. The topological polar surface area (TPSA) is 63.8 Å². The van der Waals surface area contributed by atoms with E-state index >= 15 is 0 Å². The second-order valence-electron chi connectivity index (χ2n) is 4.67. The number of pyridine rings is 1. The van der Waals surface area contributed by atoms with E-state index in [-0.39, 0.29) is 5.54 Å². The molecule has 0 aliphatic rings. The summed E-state index contributed by atoms with van der Waals surface area (Å²) in [5.41, 5.74) is 0.635. The van der Waals surface area contributed by atoms with Gasteiger partial charge in [-0.2, -0.15) is 4.98 Å². The first kappa shape index (κ1) is 12.7. The van der Waals surface area contributed by atoms with Crippen LogP contribution < -0.4 is 5.32 Å². The van der Waals surface area contributed by atoms with Crippen LogP contribution in [0.15, 0.2) is 28.9 Å². The number of aromatic nitrogens is 3. The van der Waals surface area contributed by atoms with Gasteiger partial charge in [0.1, 0.15) is 0 Å². The Balaban J connectivity index is 2.11. The maximum atomic E-state index is 5.30. The van der Waals surface area contributed by atoms with Crippen LogP contribution in [0.2, 0.25) is 0 Å². The SMILES string of the molecule is CCNC(C)(C)c1nc(Cc2ccccn2)no1. The van der Waals surface area contributed by atoms with Gasteiger partial charge in [-0.25, -0.2) is 0 Å². The summed E-state index contributed by atoms with van der Waals surface area (Å²) in [5.74, 6) is 1.27. The van der Waals surface area contributed by atoms with Crippen LogP contribution in [0.25, 0.3) is 0 Å². The lowest BCUT2D eigenvalue weighted by molar-refractivity contribution is 0.271. The predicted octanol–water partition coefficient (Wildman–Crippen LogP) is 1.90. The van der Waals surface area contributed by atoms with Crippen LogP contribution in [-0.4, -0.2) is 21.7 Å². The molecule has 2 aromatic rings. The summed E-state index contributed by atoms with van der Waals surface area (Å²) < 4.78 is 5.30. The molecule has 1 N–H and O–H groups in total. The zero-order chi connectivity index (χ0) is 13.0. The van der Waals surface area contributed by atoms with Crippen LogP contribution in [0, 0.1) is 0 Å². The normalized spacial score (nSPS) is 11.7. The molecule has 5 nitrogen and oxygen atoms in total. The maximum Gasteiger partial charge on any atom is 0.246 e. The molecule has 0 spiro atoms. The van der Waals surface area contributed by atoms with Gasteiger partial charge in [-0.1, -0.05) is 18.1 Å². The first-order chi connectivity index (χ1) is 8.62. The minimum absolute atomic E-state index is 0.301. The van der Waals surface area contributed by atoms with Crippen molar-refractivity contribution < 1.29 is 4.52 Å². The molecule has 0 radical (unpaired) electrons. The van der Waals surface area contributed by atoms with Crippen molar-refractivity contribution in [1.82, 2.24) is 20.4 Å². The molecule has 5 heteroatoms. The Kier molecular flexibility index (Phi) is 3.72. The lowest BCUT2D eigenvalue weighted by atomic mass is 10.1. The molecule has 2 heterocycles. The van der Waals surface area contributed by atoms with E-state index in [9.17, 15) is 0 Å². The van der Waals surface area contributed by atoms with Gasteiger partial charge in [0.25, 0.3) is 0 Å². The van der Waals surface area contributed by atoms with Crippen molar-refractivity contribution in [3.05, 3.63) is 41.8 Å². The molecule has 18 heavy (non-hydrogen) atoms. The minimum atomic E-state index is -0.301. The molecule has 2 aromatic heterocycles. The van der Waals surface area contributed by atoms with E-state index < -0.39 is 0 Å². The highest BCUT2D eigenvalue weighted by molar-refractivity contribution is 5.10. The van der Waals surface area contributed by atoms with E-state index in [4.69, 9.17) is 4.52 Å². The fourth-order valence-electron chi connectivity index (χ4n) is 1.76. The maximum absolute atomic E-state index is 5.30. The van der Waals surface area contributed by atoms with Crippen molar-refractivity contribution in [3.63, 3.8) is 0 Å². The van der Waals surface area contributed by atoms with Crippen molar-refractivity contribution in [3.8, 4) is 0 Å². The number of nitrogens with one attached hydrogen (secondary N) is 1. The van der Waals surface area contributed by atoms with E-state index in [0.29, 0.717) is 18.1 Å². The highest BCUT2D eigenvalue weighted by Crippen LogP contribution is 2.18. The van der Waals surface area contributed by atoms with Crippen LogP contribution in [0.5, 0.6) is 0 Å². The van der Waals surface area contributed by atoms with Crippen LogP contribution in [0.4, 0.5) is 0 Å². The molecular formula is C13H18N4O. The molecule has 0 aliphatic carbocycles. The summed E-state index contributed by atoms with van der Waals surface area (Å²) in [6.45, 7) is 6.95. The van der Waals surface area contributed by atoms with Gasteiger partial charge < -0.3 is 9.84 Å². The molecule has 0 fully saturated rings. The molecule has 0 saturated heterocycles. The Morgan fingerprint density at radius 1 is 1.33 bits per heavy atom. The van der Waals surface area contributed by atoms with Gasteiger partial charge in [-0.15, -0.1) is 0 Å². The molecule has 0 aliphatic heterocycles. The van der Waals surface area contributed by atoms with E-state index in [1.165, 1.54) is 0 Å². The Hall–Kier alpha value is -1.75. The van der Waals surface area contributed by atoms with Crippen LogP contribution in [0.3, 0.4) is 0 Å². The van der Waals surface area contributed by atoms with Gasteiger partial charge in [-0.05, 0) is 32.5 Å². The van der Waals surface area contributed by atoms with Crippen LogP contribution >= 0.6 is 0 Å². The Labute approximate surface area is 107 Å². The first-order valence-corrected chi connectivity index (χ1v) is 6.10. The molecule has 2 rings (SSSR count).